The van der Waals surface area contributed by atoms with Crippen LogP contribution in [0.2, 0.25) is 15.1 Å². The second-order valence-electron chi connectivity index (χ2n) is 7.51. The first-order valence-electron chi connectivity index (χ1n) is 9.80. The molecule has 0 N–H and O–H groups in total. The topological polar surface area (TPSA) is 40.6 Å². The zero-order valence-corrected chi connectivity index (χ0v) is 19.9. The Hall–Kier alpha value is -1.76. The Kier molecular flexibility index (Phi) is 6.52. The van der Waals surface area contributed by atoms with Crippen molar-refractivity contribution in [3.05, 3.63) is 92.9 Å². The Morgan fingerprint density at radius 2 is 1.52 bits per heavy atom. The molecule has 0 spiro atoms. The Morgan fingerprint density at radius 1 is 0.839 bits per heavy atom. The third-order valence-electron chi connectivity index (χ3n) is 5.50. The fourth-order valence-corrected chi connectivity index (χ4v) is 6.04. The van der Waals surface area contributed by atoms with Gasteiger partial charge in [-0.2, -0.15) is 4.31 Å². The van der Waals surface area contributed by atoms with Gasteiger partial charge in [0.2, 0.25) is 10.0 Å². The molecule has 1 fully saturated rings. The molecular weight excluding hydrogens is 475 g/mol. The second-order valence-corrected chi connectivity index (χ2v) is 10.8. The summed E-state index contributed by atoms with van der Waals surface area (Å²) in [5, 5.41) is 1.70. The first kappa shape index (κ1) is 22.4. The van der Waals surface area contributed by atoms with E-state index in [1.165, 1.54) is 10.4 Å². The Bertz CT molecular complexity index is 1200. The highest BCUT2D eigenvalue weighted by molar-refractivity contribution is 7.89. The predicted octanol–water partition coefficient (Wildman–Crippen LogP) is 6.21. The van der Waals surface area contributed by atoms with E-state index in [0.717, 1.165) is 16.8 Å². The van der Waals surface area contributed by atoms with Crippen LogP contribution in [0.3, 0.4) is 0 Å². The first-order chi connectivity index (χ1) is 14.8. The molecule has 1 unspecified atom stereocenters. The summed E-state index contributed by atoms with van der Waals surface area (Å²) in [6.45, 7) is 3.21. The van der Waals surface area contributed by atoms with Gasteiger partial charge in [0.15, 0.2) is 0 Å². The summed E-state index contributed by atoms with van der Waals surface area (Å²) in [5.74, 6) is 0. The van der Waals surface area contributed by atoms with Gasteiger partial charge < -0.3 is 4.90 Å². The molecule has 1 atom stereocenters. The molecule has 3 aromatic rings. The van der Waals surface area contributed by atoms with Gasteiger partial charge in [0.25, 0.3) is 0 Å². The molecular formula is C23H21Cl3N2O2S. The number of piperazine rings is 1. The van der Waals surface area contributed by atoms with Crippen LogP contribution in [0, 0.1) is 6.92 Å². The number of aryl methyl sites for hydroxylation is 1. The zero-order valence-electron chi connectivity index (χ0n) is 16.8. The molecule has 162 valence electrons. The number of halogens is 3. The molecule has 31 heavy (non-hydrogen) atoms. The zero-order chi connectivity index (χ0) is 22.2. The number of anilines is 1. The third kappa shape index (κ3) is 4.71. The lowest BCUT2D eigenvalue weighted by molar-refractivity contribution is 0.335. The largest absolute Gasteiger partial charge is 0.362 e. The molecule has 1 saturated heterocycles. The van der Waals surface area contributed by atoms with Crippen LogP contribution in [0.5, 0.6) is 0 Å². The molecule has 4 nitrogen and oxygen atoms in total. The number of rotatable bonds is 4. The van der Waals surface area contributed by atoms with Crippen molar-refractivity contribution in [3.8, 4) is 0 Å². The van der Waals surface area contributed by atoms with Gasteiger partial charge in [0.05, 0.1) is 10.9 Å². The molecule has 0 aliphatic carbocycles. The number of hydrogen-bond donors (Lipinski definition) is 0. The van der Waals surface area contributed by atoms with Crippen LogP contribution in [-0.4, -0.2) is 32.4 Å². The van der Waals surface area contributed by atoms with Gasteiger partial charge >= 0.3 is 0 Å². The Labute approximate surface area is 198 Å². The van der Waals surface area contributed by atoms with Gasteiger partial charge in [-0.05, 0) is 66.6 Å². The molecule has 0 bridgehead atoms. The van der Waals surface area contributed by atoms with Gasteiger partial charge in [-0.1, -0.05) is 53.0 Å². The molecule has 1 heterocycles. The van der Waals surface area contributed by atoms with Gasteiger partial charge in [-0.25, -0.2) is 8.42 Å². The monoisotopic (exact) mass is 494 g/mol. The summed E-state index contributed by atoms with van der Waals surface area (Å²) < 4.78 is 28.2. The number of nitrogens with zero attached hydrogens (tertiary/aromatic N) is 2. The maximum Gasteiger partial charge on any atom is 0.243 e. The smallest absolute Gasteiger partial charge is 0.243 e. The average molecular weight is 496 g/mol. The van der Waals surface area contributed by atoms with Crippen LogP contribution in [0.25, 0.3) is 0 Å². The lowest BCUT2D eigenvalue weighted by Gasteiger charge is -2.43. The first-order valence-corrected chi connectivity index (χ1v) is 12.4. The summed E-state index contributed by atoms with van der Waals surface area (Å²) in [7, 11) is -3.68. The van der Waals surface area contributed by atoms with Crippen LogP contribution in [0.1, 0.15) is 17.2 Å². The number of benzene rings is 3. The summed E-state index contributed by atoms with van der Waals surface area (Å²) in [4.78, 5) is 2.43. The summed E-state index contributed by atoms with van der Waals surface area (Å²) in [6, 6.07) is 19.5. The minimum absolute atomic E-state index is 0.181. The average Bonchev–Trinajstić information content (AvgIpc) is 2.74. The fraction of sp³-hybridized carbons (Fsp3) is 0.217. The van der Waals surface area contributed by atoms with Crippen LogP contribution in [0.4, 0.5) is 5.69 Å². The van der Waals surface area contributed by atoms with Gasteiger partial charge in [0.1, 0.15) is 0 Å². The van der Waals surface area contributed by atoms with Gasteiger partial charge in [0, 0.05) is 40.4 Å². The Morgan fingerprint density at radius 3 is 2.19 bits per heavy atom. The van der Waals surface area contributed by atoms with E-state index in [1.807, 2.05) is 49.4 Å². The van der Waals surface area contributed by atoms with E-state index in [1.54, 1.807) is 18.2 Å². The number of sulfonamides is 1. The molecule has 3 aromatic carbocycles. The predicted molar refractivity (Wildman–Crippen MR) is 128 cm³/mol. The van der Waals surface area contributed by atoms with E-state index in [2.05, 4.69) is 4.90 Å². The SMILES string of the molecule is Cc1cc(Cl)ccc1N1CCN(S(=O)(=O)c2cccc(Cl)c2)CC1c1ccc(Cl)cc1. The standard InChI is InChI=1S/C23H21Cl3N2O2S/c1-16-13-20(26)9-10-22(16)28-12-11-27(15-23(28)17-5-7-18(24)8-6-17)31(29,30)21-4-2-3-19(25)14-21/h2-10,13-14,23H,11-12,15H2,1H3. The lowest BCUT2D eigenvalue weighted by Crippen LogP contribution is -2.50. The summed E-state index contributed by atoms with van der Waals surface area (Å²) in [5.41, 5.74) is 3.06. The Balaban J connectivity index is 1.73. The summed E-state index contributed by atoms with van der Waals surface area (Å²) in [6.07, 6.45) is 0. The van der Waals surface area contributed by atoms with Crippen molar-refractivity contribution >= 4 is 50.5 Å². The van der Waals surface area contributed by atoms with Crippen molar-refractivity contribution in [2.75, 3.05) is 24.5 Å². The quantitative estimate of drug-likeness (QED) is 0.432. The highest BCUT2D eigenvalue weighted by Crippen LogP contribution is 2.36. The minimum Gasteiger partial charge on any atom is -0.362 e. The molecule has 1 aliphatic rings. The second kappa shape index (κ2) is 9.00. The van der Waals surface area contributed by atoms with Crippen molar-refractivity contribution < 1.29 is 8.42 Å². The lowest BCUT2D eigenvalue weighted by atomic mass is 10.0. The van der Waals surface area contributed by atoms with E-state index in [9.17, 15) is 8.42 Å². The molecule has 0 saturated carbocycles. The molecule has 4 rings (SSSR count). The molecule has 0 aromatic heterocycles. The highest BCUT2D eigenvalue weighted by atomic mass is 35.5. The minimum atomic E-state index is -3.68. The van der Waals surface area contributed by atoms with Crippen LogP contribution >= 0.6 is 34.8 Å². The van der Waals surface area contributed by atoms with Crippen molar-refractivity contribution in [3.63, 3.8) is 0 Å². The van der Waals surface area contributed by atoms with Gasteiger partial charge in [-0.3, -0.25) is 0 Å². The fourth-order valence-electron chi connectivity index (χ4n) is 3.95. The van der Waals surface area contributed by atoms with Crippen molar-refractivity contribution in [1.29, 1.82) is 0 Å². The van der Waals surface area contributed by atoms with Crippen molar-refractivity contribution in [2.45, 2.75) is 17.9 Å². The highest BCUT2D eigenvalue weighted by Gasteiger charge is 2.35. The van der Waals surface area contributed by atoms with Gasteiger partial charge in [-0.15, -0.1) is 0 Å². The van der Waals surface area contributed by atoms with Crippen molar-refractivity contribution in [2.24, 2.45) is 0 Å². The van der Waals surface area contributed by atoms with Crippen molar-refractivity contribution in [1.82, 2.24) is 4.31 Å². The molecule has 0 amide bonds. The van der Waals surface area contributed by atoms with E-state index in [0.29, 0.717) is 34.7 Å². The van der Waals surface area contributed by atoms with E-state index in [-0.39, 0.29) is 10.9 Å². The van der Waals surface area contributed by atoms with Crippen LogP contribution in [0.15, 0.2) is 71.6 Å². The number of hydrogen-bond acceptors (Lipinski definition) is 3. The normalized spacial score (nSPS) is 17.7. The molecule has 1 aliphatic heterocycles. The molecule has 8 heteroatoms. The van der Waals surface area contributed by atoms with Crippen LogP contribution < -0.4 is 4.90 Å². The maximum absolute atomic E-state index is 13.3. The maximum atomic E-state index is 13.3. The van der Waals surface area contributed by atoms with Crippen LogP contribution in [-0.2, 0) is 10.0 Å². The molecule has 0 radical (unpaired) electrons. The van der Waals surface area contributed by atoms with E-state index >= 15 is 0 Å². The third-order valence-corrected chi connectivity index (χ3v) is 8.08. The van der Waals surface area contributed by atoms with E-state index < -0.39 is 10.0 Å². The van der Waals surface area contributed by atoms with E-state index in [4.69, 9.17) is 34.8 Å². The summed E-state index contributed by atoms with van der Waals surface area (Å²) >= 11 is 18.3.